The van der Waals surface area contributed by atoms with Crippen LogP contribution in [0.25, 0.3) is 0 Å². The number of ether oxygens (including phenoxy) is 1. The van der Waals surface area contributed by atoms with Crippen LogP contribution in [0.15, 0.2) is 54.6 Å². The lowest BCUT2D eigenvalue weighted by atomic mass is 10.1. The standard InChI is InChI=1S/C20H24N2O3/c1-3-22(20(24)14-9-16-7-5-4-6-8-16)15-19(23)21-17-10-12-18(25-2)13-11-17/h4-8,10-13H,3,9,14-15H2,1-2H3,(H,21,23). The van der Waals surface area contributed by atoms with Crippen molar-refractivity contribution in [1.82, 2.24) is 4.90 Å². The molecule has 0 unspecified atom stereocenters. The molecule has 132 valence electrons. The Morgan fingerprint density at radius 1 is 1.04 bits per heavy atom. The van der Waals surface area contributed by atoms with Gasteiger partial charge in [0, 0.05) is 18.7 Å². The number of rotatable bonds is 8. The first-order chi connectivity index (χ1) is 12.1. The molecule has 2 aromatic rings. The Labute approximate surface area is 148 Å². The van der Waals surface area contributed by atoms with Gasteiger partial charge in [-0.3, -0.25) is 9.59 Å². The van der Waals surface area contributed by atoms with E-state index in [-0.39, 0.29) is 18.4 Å². The molecule has 25 heavy (non-hydrogen) atoms. The van der Waals surface area contributed by atoms with E-state index in [4.69, 9.17) is 4.74 Å². The molecule has 0 heterocycles. The molecule has 0 aliphatic rings. The van der Waals surface area contributed by atoms with E-state index in [0.717, 1.165) is 11.3 Å². The van der Waals surface area contributed by atoms with E-state index in [2.05, 4.69) is 5.32 Å². The average Bonchev–Trinajstić information content (AvgIpc) is 2.65. The molecule has 0 aliphatic heterocycles. The number of anilines is 1. The zero-order valence-electron chi connectivity index (χ0n) is 14.7. The summed E-state index contributed by atoms with van der Waals surface area (Å²) >= 11 is 0. The first-order valence-electron chi connectivity index (χ1n) is 8.38. The number of methoxy groups -OCH3 is 1. The summed E-state index contributed by atoms with van der Waals surface area (Å²) in [6.45, 7) is 2.43. The molecule has 0 fully saturated rings. The third-order valence-electron chi connectivity index (χ3n) is 3.91. The monoisotopic (exact) mass is 340 g/mol. The fraction of sp³-hybridized carbons (Fsp3) is 0.300. The highest BCUT2D eigenvalue weighted by Crippen LogP contribution is 2.15. The van der Waals surface area contributed by atoms with Gasteiger partial charge in [-0.2, -0.15) is 0 Å². The van der Waals surface area contributed by atoms with Crippen molar-refractivity contribution in [2.45, 2.75) is 19.8 Å². The van der Waals surface area contributed by atoms with Crippen LogP contribution < -0.4 is 10.1 Å². The Morgan fingerprint density at radius 3 is 2.32 bits per heavy atom. The summed E-state index contributed by atoms with van der Waals surface area (Å²) in [5.74, 6) is 0.501. The quantitative estimate of drug-likeness (QED) is 0.803. The van der Waals surface area contributed by atoms with Crippen molar-refractivity contribution in [3.8, 4) is 5.75 Å². The lowest BCUT2D eigenvalue weighted by Crippen LogP contribution is -2.38. The van der Waals surface area contributed by atoms with E-state index in [1.54, 1.807) is 36.3 Å². The van der Waals surface area contributed by atoms with Gasteiger partial charge in [0.25, 0.3) is 0 Å². The van der Waals surface area contributed by atoms with E-state index >= 15 is 0 Å². The van der Waals surface area contributed by atoms with Crippen LogP contribution in [0.4, 0.5) is 5.69 Å². The van der Waals surface area contributed by atoms with Gasteiger partial charge in [-0.25, -0.2) is 0 Å². The van der Waals surface area contributed by atoms with Crippen LogP contribution in [0, 0.1) is 0 Å². The molecule has 2 amide bonds. The van der Waals surface area contributed by atoms with Crippen molar-refractivity contribution in [2.24, 2.45) is 0 Å². The third kappa shape index (κ3) is 5.95. The molecule has 0 saturated carbocycles. The number of hydrogen-bond donors (Lipinski definition) is 1. The van der Waals surface area contributed by atoms with Gasteiger partial charge in [-0.05, 0) is 43.2 Å². The fourth-order valence-corrected chi connectivity index (χ4v) is 2.48. The molecule has 0 spiro atoms. The van der Waals surface area contributed by atoms with E-state index in [9.17, 15) is 9.59 Å². The number of aryl methyl sites for hydroxylation is 1. The maximum absolute atomic E-state index is 12.3. The lowest BCUT2D eigenvalue weighted by molar-refractivity contribution is -0.134. The second kappa shape index (κ2) is 9.47. The molecule has 0 saturated heterocycles. The SMILES string of the molecule is CCN(CC(=O)Nc1ccc(OC)cc1)C(=O)CCc1ccccc1. The number of nitrogens with zero attached hydrogens (tertiary/aromatic N) is 1. The fourth-order valence-electron chi connectivity index (χ4n) is 2.48. The molecule has 2 aromatic carbocycles. The zero-order valence-corrected chi connectivity index (χ0v) is 14.7. The molecule has 0 bridgehead atoms. The topological polar surface area (TPSA) is 58.6 Å². The zero-order chi connectivity index (χ0) is 18.1. The van der Waals surface area contributed by atoms with Gasteiger partial charge in [0.2, 0.25) is 11.8 Å². The molecule has 5 heteroatoms. The second-order valence-corrected chi connectivity index (χ2v) is 5.67. The van der Waals surface area contributed by atoms with E-state index in [1.165, 1.54) is 0 Å². The van der Waals surface area contributed by atoms with Crippen molar-refractivity contribution in [3.63, 3.8) is 0 Å². The van der Waals surface area contributed by atoms with E-state index < -0.39 is 0 Å². The molecule has 1 N–H and O–H groups in total. The predicted molar refractivity (Wildman–Crippen MR) is 98.6 cm³/mol. The molecule has 5 nitrogen and oxygen atoms in total. The summed E-state index contributed by atoms with van der Waals surface area (Å²) in [6, 6.07) is 17.0. The minimum Gasteiger partial charge on any atom is -0.497 e. The summed E-state index contributed by atoms with van der Waals surface area (Å²) in [6.07, 6.45) is 1.07. The number of nitrogens with one attached hydrogen (secondary N) is 1. The van der Waals surface area contributed by atoms with Crippen molar-refractivity contribution in [2.75, 3.05) is 25.5 Å². The highest BCUT2D eigenvalue weighted by molar-refractivity contribution is 5.94. The lowest BCUT2D eigenvalue weighted by Gasteiger charge is -2.20. The van der Waals surface area contributed by atoms with E-state index in [1.807, 2.05) is 37.3 Å². The number of hydrogen-bond acceptors (Lipinski definition) is 3. The molecule has 2 rings (SSSR count). The third-order valence-corrected chi connectivity index (χ3v) is 3.91. The molecule has 0 aromatic heterocycles. The largest absolute Gasteiger partial charge is 0.497 e. The summed E-state index contributed by atoms with van der Waals surface area (Å²) < 4.78 is 5.09. The number of carbonyl (C=O) groups is 2. The van der Waals surface area contributed by atoms with Gasteiger partial charge in [-0.1, -0.05) is 30.3 Å². The van der Waals surface area contributed by atoms with Crippen LogP contribution >= 0.6 is 0 Å². The number of amides is 2. The minimum absolute atomic E-state index is 0.0174. The Morgan fingerprint density at radius 2 is 1.72 bits per heavy atom. The van der Waals surface area contributed by atoms with Crippen LogP contribution in [0.3, 0.4) is 0 Å². The maximum Gasteiger partial charge on any atom is 0.243 e. The number of carbonyl (C=O) groups excluding carboxylic acids is 2. The van der Waals surface area contributed by atoms with Crippen molar-refractivity contribution in [3.05, 3.63) is 60.2 Å². The Balaban J connectivity index is 1.84. The van der Waals surface area contributed by atoms with Gasteiger partial charge in [0.15, 0.2) is 0 Å². The molecule has 0 aliphatic carbocycles. The van der Waals surface area contributed by atoms with Gasteiger partial charge < -0.3 is 15.0 Å². The predicted octanol–water partition coefficient (Wildman–Crippen LogP) is 3.12. The van der Waals surface area contributed by atoms with Crippen LogP contribution in [0.2, 0.25) is 0 Å². The summed E-state index contributed by atoms with van der Waals surface area (Å²) in [7, 11) is 1.59. The highest BCUT2D eigenvalue weighted by Gasteiger charge is 2.15. The minimum atomic E-state index is -0.208. The van der Waals surface area contributed by atoms with Crippen molar-refractivity contribution >= 4 is 17.5 Å². The molecular weight excluding hydrogens is 316 g/mol. The first kappa shape index (κ1) is 18.5. The van der Waals surface area contributed by atoms with E-state index in [0.29, 0.717) is 25.1 Å². The summed E-state index contributed by atoms with van der Waals surface area (Å²) in [5.41, 5.74) is 1.80. The number of benzene rings is 2. The van der Waals surface area contributed by atoms with Gasteiger partial charge in [0.1, 0.15) is 5.75 Å². The summed E-state index contributed by atoms with van der Waals surface area (Å²) in [5, 5.41) is 2.80. The van der Waals surface area contributed by atoms with Crippen molar-refractivity contribution < 1.29 is 14.3 Å². The maximum atomic E-state index is 12.3. The van der Waals surface area contributed by atoms with Crippen LogP contribution in [-0.4, -0.2) is 36.9 Å². The average molecular weight is 340 g/mol. The highest BCUT2D eigenvalue weighted by atomic mass is 16.5. The van der Waals surface area contributed by atoms with Gasteiger partial charge >= 0.3 is 0 Å². The number of likely N-dealkylation sites (N-methyl/N-ethyl adjacent to an activating group) is 1. The van der Waals surface area contributed by atoms with Gasteiger partial charge in [-0.15, -0.1) is 0 Å². The normalized spacial score (nSPS) is 10.2. The Bertz CT molecular complexity index is 684. The summed E-state index contributed by atoms with van der Waals surface area (Å²) in [4.78, 5) is 26.1. The molecule has 0 radical (unpaired) electrons. The van der Waals surface area contributed by atoms with Crippen molar-refractivity contribution in [1.29, 1.82) is 0 Å². The smallest absolute Gasteiger partial charge is 0.243 e. The second-order valence-electron chi connectivity index (χ2n) is 5.67. The molecular formula is C20H24N2O3. The van der Waals surface area contributed by atoms with Gasteiger partial charge in [0.05, 0.1) is 13.7 Å². The van der Waals surface area contributed by atoms with Crippen LogP contribution in [-0.2, 0) is 16.0 Å². The van der Waals surface area contributed by atoms with Crippen LogP contribution in [0.5, 0.6) is 5.75 Å². The molecule has 0 atom stereocenters. The van der Waals surface area contributed by atoms with Crippen LogP contribution in [0.1, 0.15) is 18.9 Å². The Kier molecular flexibility index (Phi) is 7.01. The first-order valence-corrected chi connectivity index (χ1v) is 8.38. The Hall–Kier alpha value is -2.82.